The normalized spacial score (nSPS) is 13.9. The fourth-order valence-electron chi connectivity index (χ4n) is 2.37. The van der Waals surface area contributed by atoms with Gasteiger partial charge in [0.15, 0.2) is 0 Å². The monoisotopic (exact) mass is 309 g/mol. The summed E-state index contributed by atoms with van der Waals surface area (Å²) in [5.74, 6) is 0.772. The first-order chi connectivity index (χ1) is 10.1. The number of Topliss-reactive ketones (excluding diaryl/α,β-unsaturated/α-hetero) is 1. The van der Waals surface area contributed by atoms with E-state index in [2.05, 4.69) is 24.2 Å². The Balaban J connectivity index is 2.52. The third kappa shape index (κ3) is 6.26. The molecule has 0 spiro atoms. The summed E-state index contributed by atoms with van der Waals surface area (Å²) in [5, 5.41) is 8.36. The lowest BCUT2D eigenvalue weighted by Crippen LogP contribution is -2.32. The van der Waals surface area contributed by atoms with Crippen LogP contribution in [0.5, 0.6) is 0 Å². The maximum absolute atomic E-state index is 11.9. The molecule has 0 aromatic carbocycles. The van der Waals surface area contributed by atoms with Gasteiger partial charge in [-0.15, -0.1) is 5.10 Å². The second-order valence-corrected chi connectivity index (χ2v) is 7.53. The van der Waals surface area contributed by atoms with E-state index in [0.717, 1.165) is 12.2 Å². The third-order valence-electron chi connectivity index (χ3n) is 3.52. The summed E-state index contributed by atoms with van der Waals surface area (Å²) in [4.78, 5) is 11.9. The smallest absolute Gasteiger partial charge is 0.140 e. The number of rotatable bonds is 9. The molecule has 5 heteroatoms. The van der Waals surface area contributed by atoms with Crippen molar-refractivity contribution < 1.29 is 9.53 Å². The Morgan fingerprint density at radius 3 is 2.45 bits per heavy atom. The zero-order chi connectivity index (χ0) is 16.9. The van der Waals surface area contributed by atoms with Crippen LogP contribution in [-0.2, 0) is 22.5 Å². The fourth-order valence-corrected chi connectivity index (χ4v) is 2.37. The highest BCUT2D eigenvalue weighted by Crippen LogP contribution is 2.18. The summed E-state index contributed by atoms with van der Waals surface area (Å²) in [6.45, 7) is 15.5. The van der Waals surface area contributed by atoms with Crippen LogP contribution in [0.3, 0.4) is 0 Å². The number of ketones is 1. The predicted octanol–water partition coefficient (Wildman–Crippen LogP) is 3.13. The van der Waals surface area contributed by atoms with Gasteiger partial charge in [0.05, 0.1) is 17.9 Å². The Bertz CT molecular complexity index is 478. The molecule has 22 heavy (non-hydrogen) atoms. The molecule has 1 rings (SSSR count). The molecule has 1 aromatic heterocycles. The van der Waals surface area contributed by atoms with Crippen molar-refractivity contribution in [1.82, 2.24) is 15.0 Å². The van der Waals surface area contributed by atoms with Gasteiger partial charge in [0.1, 0.15) is 5.78 Å². The van der Waals surface area contributed by atoms with E-state index in [1.807, 2.05) is 45.5 Å². The second-order valence-electron chi connectivity index (χ2n) is 7.53. The van der Waals surface area contributed by atoms with Crippen LogP contribution in [0, 0.1) is 17.8 Å². The number of hydrogen-bond acceptors (Lipinski definition) is 4. The van der Waals surface area contributed by atoms with Gasteiger partial charge < -0.3 is 4.74 Å². The molecule has 1 unspecified atom stereocenters. The molecular formula is C17H31N3O2. The van der Waals surface area contributed by atoms with E-state index in [1.165, 1.54) is 0 Å². The summed E-state index contributed by atoms with van der Waals surface area (Å²) in [6.07, 6.45) is 2.67. The van der Waals surface area contributed by atoms with Crippen molar-refractivity contribution in [3.63, 3.8) is 0 Å². The van der Waals surface area contributed by atoms with Crippen LogP contribution in [0.4, 0.5) is 0 Å². The van der Waals surface area contributed by atoms with Crippen molar-refractivity contribution in [3.05, 3.63) is 11.9 Å². The Morgan fingerprint density at radius 2 is 1.91 bits per heavy atom. The van der Waals surface area contributed by atoms with Crippen LogP contribution in [0.15, 0.2) is 6.20 Å². The van der Waals surface area contributed by atoms with Crippen LogP contribution in [0.2, 0.25) is 0 Å². The van der Waals surface area contributed by atoms with Gasteiger partial charge in [-0.2, -0.15) is 0 Å². The van der Waals surface area contributed by atoms with E-state index in [1.54, 1.807) is 0 Å². The number of hydrogen-bond donors (Lipinski definition) is 0. The van der Waals surface area contributed by atoms with E-state index >= 15 is 0 Å². The summed E-state index contributed by atoms with van der Waals surface area (Å²) >= 11 is 0. The molecule has 5 nitrogen and oxygen atoms in total. The molecule has 0 amide bonds. The Hall–Kier alpha value is -1.23. The zero-order valence-electron chi connectivity index (χ0n) is 15.1. The van der Waals surface area contributed by atoms with Crippen molar-refractivity contribution in [2.24, 2.45) is 17.8 Å². The molecule has 1 atom stereocenters. The first kappa shape index (κ1) is 18.8. The summed E-state index contributed by atoms with van der Waals surface area (Å²) < 4.78 is 7.83. The van der Waals surface area contributed by atoms with Gasteiger partial charge in [-0.25, -0.2) is 0 Å². The van der Waals surface area contributed by atoms with Gasteiger partial charge in [0, 0.05) is 31.0 Å². The summed E-state index contributed by atoms with van der Waals surface area (Å²) in [6, 6.07) is 0. The summed E-state index contributed by atoms with van der Waals surface area (Å²) in [7, 11) is 0. The molecule has 0 bridgehead atoms. The molecule has 0 fully saturated rings. The second kappa shape index (κ2) is 7.86. The highest BCUT2D eigenvalue weighted by atomic mass is 16.5. The molecular weight excluding hydrogens is 278 g/mol. The topological polar surface area (TPSA) is 57.0 Å². The van der Waals surface area contributed by atoms with Gasteiger partial charge in [-0.3, -0.25) is 9.48 Å². The van der Waals surface area contributed by atoms with E-state index in [4.69, 9.17) is 4.74 Å². The van der Waals surface area contributed by atoms with E-state index in [-0.39, 0.29) is 23.2 Å². The maximum atomic E-state index is 11.9. The maximum Gasteiger partial charge on any atom is 0.140 e. The van der Waals surface area contributed by atoms with Crippen LogP contribution in [0.1, 0.15) is 54.2 Å². The predicted molar refractivity (Wildman–Crippen MR) is 87.6 cm³/mol. The SMILES string of the molecule is CC(C)Cn1cc(CC(C)(C)OCC(C)C(=O)C(C)C)nn1. The first-order valence-corrected chi connectivity index (χ1v) is 8.17. The number of aromatic nitrogens is 3. The van der Waals surface area contributed by atoms with Gasteiger partial charge in [-0.05, 0) is 19.8 Å². The van der Waals surface area contributed by atoms with Crippen molar-refractivity contribution in [2.45, 2.75) is 67.0 Å². The molecule has 0 saturated carbocycles. The molecule has 1 heterocycles. The molecule has 0 radical (unpaired) electrons. The van der Waals surface area contributed by atoms with Gasteiger partial charge >= 0.3 is 0 Å². The molecule has 0 aliphatic rings. The Kier molecular flexibility index (Phi) is 6.72. The average molecular weight is 309 g/mol. The molecule has 0 saturated heterocycles. The fraction of sp³-hybridized carbons (Fsp3) is 0.824. The lowest BCUT2D eigenvalue weighted by molar-refractivity contribution is -0.129. The Labute approximate surface area is 134 Å². The lowest BCUT2D eigenvalue weighted by atomic mass is 9.97. The number of carbonyl (C=O) groups is 1. The first-order valence-electron chi connectivity index (χ1n) is 8.17. The van der Waals surface area contributed by atoms with Crippen molar-refractivity contribution >= 4 is 5.78 Å². The molecule has 1 aromatic rings. The molecule has 0 N–H and O–H groups in total. The molecule has 126 valence electrons. The minimum Gasteiger partial charge on any atom is -0.374 e. The van der Waals surface area contributed by atoms with Crippen LogP contribution >= 0.6 is 0 Å². The standard InChI is InChI=1S/C17H31N3O2/c1-12(2)9-20-10-15(18-19-20)8-17(6,7)22-11-14(5)16(21)13(3)4/h10,12-14H,8-9,11H2,1-7H3. The number of ether oxygens (including phenoxy) is 1. The minimum atomic E-state index is -0.357. The van der Waals surface area contributed by atoms with E-state index in [9.17, 15) is 4.79 Å². The van der Waals surface area contributed by atoms with E-state index < -0.39 is 0 Å². The highest BCUT2D eigenvalue weighted by Gasteiger charge is 2.24. The number of nitrogens with zero attached hydrogens (tertiary/aromatic N) is 3. The van der Waals surface area contributed by atoms with Crippen molar-refractivity contribution in [1.29, 1.82) is 0 Å². The quantitative estimate of drug-likeness (QED) is 0.703. The van der Waals surface area contributed by atoms with E-state index in [0.29, 0.717) is 18.9 Å². The van der Waals surface area contributed by atoms with Crippen LogP contribution in [-0.4, -0.2) is 33.0 Å². The largest absolute Gasteiger partial charge is 0.374 e. The van der Waals surface area contributed by atoms with Crippen LogP contribution in [0.25, 0.3) is 0 Å². The zero-order valence-corrected chi connectivity index (χ0v) is 15.1. The van der Waals surface area contributed by atoms with Crippen molar-refractivity contribution in [2.75, 3.05) is 6.61 Å². The van der Waals surface area contributed by atoms with Gasteiger partial charge in [0.25, 0.3) is 0 Å². The average Bonchev–Trinajstić information content (AvgIpc) is 2.80. The molecule has 0 aliphatic heterocycles. The van der Waals surface area contributed by atoms with Gasteiger partial charge in [-0.1, -0.05) is 39.8 Å². The highest BCUT2D eigenvalue weighted by molar-refractivity contribution is 5.82. The lowest BCUT2D eigenvalue weighted by Gasteiger charge is -2.26. The summed E-state index contributed by atoms with van der Waals surface area (Å²) in [5.41, 5.74) is 0.568. The third-order valence-corrected chi connectivity index (χ3v) is 3.52. The minimum absolute atomic E-state index is 0.0534. The van der Waals surface area contributed by atoms with Gasteiger partial charge in [0.2, 0.25) is 0 Å². The Morgan fingerprint density at radius 1 is 1.27 bits per heavy atom. The van der Waals surface area contributed by atoms with Crippen molar-refractivity contribution in [3.8, 4) is 0 Å². The van der Waals surface area contributed by atoms with Crippen LogP contribution < -0.4 is 0 Å². The number of carbonyl (C=O) groups excluding carboxylic acids is 1. The molecule has 0 aliphatic carbocycles.